The molecule has 50 heavy (non-hydrogen) atoms. The average Bonchev–Trinajstić information content (AvgIpc) is 3.67. The molecule has 0 unspecified atom stereocenters. The van der Waals surface area contributed by atoms with E-state index in [1.54, 1.807) is 20.3 Å². The quantitative estimate of drug-likeness (QED) is 0.187. The van der Waals surface area contributed by atoms with Crippen LogP contribution in [0.25, 0.3) is 11.1 Å². The van der Waals surface area contributed by atoms with Gasteiger partial charge in [-0.1, -0.05) is 91.0 Å². The van der Waals surface area contributed by atoms with E-state index in [-0.39, 0.29) is 17.0 Å². The van der Waals surface area contributed by atoms with Gasteiger partial charge in [-0.2, -0.15) is 0 Å². The number of amides is 2. The summed E-state index contributed by atoms with van der Waals surface area (Å²) in [5.41, 5.74) is 0.741. The molecule has 2 bridgehead atoms. The molecular formula is C42H31NO7. The monoisotopic (exact) mass is 661 g/mol. The fraction of sp³-hybridized carbons (Fsp3) is 0.143. The molecule has 3 aliphatic rings. The zero-order valence-corrected chi connectivity index (χ0v) is 27.2. The van der Waals surface area contributed by atoms with Crippen LogP contribution < -0.4 is 14.4 Å². The van der Waals surface area contributed by atoms with Crippen molar-refractivity contribution in [3.8, 4) is 11.5 Å². The van der Waals surface area contributed by atoms with E-state index in [9.17, 15) is 9.90 Å². The van der Waals surface area contributed by atoms with E-state index in [4.69, 9.17) is 9.47 Å². The van der Waals surface area contributed by atoms with Crippen LogP contribution in [0.5, 0.6) is 11.5 Å². The van der Waals surface area contributed by atoms with Gasteiger partial charge in [0.05, 0.1) is 48.1 Å². The number of benzene rings is 5. The third-order valence-corrected chi connectivity index (χ3v) is 10.6. The SMILES string of the molecule is COc1ccc(C2=C(c3ccc(OC)cc3)[C@@]3(c4ccccc4)C(=O)[C@]2(c2ccccc2)[C@@H]2C(=O)N(c4cccc(C(=O)O)c4)C(=O)[C@@H]23)cc1. The zero-order chi connectivity index (χ0) is 34.8. The highest BCUT2D eigenvalue weighted by Gasteiger charge is 2.82. The lowest BCUT2D eigenvalue weighted by molar-refractivity contribution is -0.130. The number of fused-ring (bicyclic) bond motifs is 5. The van der Waals surface area contributed by atoms with Gasteiger partial charge < -0.3 is 14.6 Å². The molecule has 2 amide bonds. The molecule has 1 heterocycles. The maximum Gasteiger partial charge on any atom is 0.335 e. The number of carboxylic acids is 1. The lowest BCUT2D eigenvalue weighted by atomic mass is 9.59. The van der Waals surface area contributed by atoms with Crippen molar-refractivity contribution in [1.29, 1.82) is 0 Å². The second kappa shape index (κ2) is 11.4. The first kappa shape index (κ1) is 31.0. The number of methoxy groups -OCH3 is 2. The van der Waals surface area contributed by atoms with Crippen LogP contribution in [0.4, 0.5) is 5.69 Å². The van der Waals surface area contributed by atoms with Crippen molar-refractivity contribution in [2.45, 2.75) is 10.8 Å². The number of Topliss-reactive ketones (excluding diaryl/α,β-unsaturated/α-hetero) is 1. The number of hydrogen-bond donors (Lipinski definition) is 1. The van der Waals surface area contributed by atoms with Crippen molar-refractivity contribution in [1.82, 2.24) is 0 Å². The number of allylic oxidation sites excluding steroid dienone is 2. The molecule has 8 nitrogen and oxygen atoms in total. The zero-order valence-electron chi connectivity index (χ0n) is 27.2. The summed E-state index contributed by atoms with van der Waals surface area (Å²) in [6, 6.07) is 39.1. The van der Waals surface area contributed by atoms with Gasteiger partial charge in [-0.25, -0.2) is 9.69 Å². The Morgan fingerprint density at radius 2 is 1.04 bits per heavy atom. The number of rotatable bonds is 8. The number of ether oxygens (including phenoxy) is 2. The number of carboxylic acid groups (broad SMARTS) is 1. The number of anilines is 1. The highest BCUT2D eigenvalue weighted by Crippen LogP contribution is 2.74. The molecule has 4 atom stereocenters. The number of hydrogen-bond acceptors (Lipinski definition) is 6. The second-order valence-corrected chi connectivity index (χ2v) is 12.7. The topological polar surface area (TPSA) is 110 Å². The first-order valence-electron chi connectivity index (χ1n) is 16.2. The Morgan fingerprint density at radius 1 is 0.600 bits per heavy atom. The maximum atomic E-state index is 16.0. The number of aromatic carboxylic acids is 1. The van der Waals surface area contributed by atoms with Gasteiger partial charge in [0.1, 0.15) is 11.5 Å². The molecule has 5 aromatic carbocycles. The predicted octanol–water partition coefficient (Wildman–Crippen LogP) is 6.59. The summed E-state index contributed by atoms with van der Waals surface area (Å²) in [6.07, 6.45) is 0. The summed E-state index contributed by atoms with van der Waals surface area (Å²) in [6.45, 7) is 0. The van der Waals surface area contributed by atoms with Gasteiger partial charge in [0.25, 0.3) is 0 Å². The molecule has 1 saturated carbocycles. The Labute approximate surface area is 288 Å². The van der Waals surface area contributed by atoms with Gasteiger partial charge in [-0.05, 0) is 75.9 Å². The summed E-state index contributed by atoms with van der Waals surface area (Å²) in [5, 5.41) is 9.79. The van der Waals surface area contributed by atoms with E-state index >= 15 is 14.4 Å². The van der Waals surface area contributed by atoms with E-state index < -0.39 is 40.4 Å². The third-order valence-electron chi connectivity index (χ3n) is 10.6. The minimum atomic E-state index is -1.60. The standard InChI is InChI=1S/C42H31NO7/c1-49-31-20-16-25(17-21-31)33-34(26-18-22-32(50-2)23-19-26)42(29-13-7-4-8-14-29)36-35(41(33,40(42)48)28-11-5-3-6-12-28)37(44)43(38(36)45)30-15-9-10-27(24-30)39(46)47/h3-24,35-36H,1-2H3,(H,46,47)/t35-,36+,41-,42+. The smallest absolute Gasteiger partial charge is 0.335 e. The molecule has 0 spiro atoms. The van der Waals surface area contributed by atoms with Crippen LogP contribution >= 0.6 is 0 Å². The molecule has 1 saturated heterocycles. The van der Waals surface area contributed by atoms with Crippen molar-refractivity contribution in [3.63, 3.8) is 0 Å². The molecule has 2 fully saturated rings. The molecule has 5 aromatic rings. The van der Waals surface area contributed by atoms with Crippen molar-refractivity contribution >= 4 is 40.4 Å². The number of nitrogens with zero attached hydrogens (tertiary/aromatic N) is 1. The number of ketones is 1. The van der Waals surface area contributed by atoms with Gasteiger partial charge in [0.15, 0.2) is 5.78 Å². The Bertz CT molecular complexity index is 2100. The number of carbonyl (C=O) groups is 4. The third kappa shape index (κ3) is 3.99. The molecule has 0 aromatic heterocycles. The highest BCUT2D eigenvalue weighted by atomic mass is 16.5. The highest BCUT2D eigenvalue weighted by molar-refractivity contribution is 6.39. The minimum Gasteiger partial charge on any atom is -0.497 e. The van der Waals surface area contributed by atoms with Crippen LogP contribution in [0.3, 0.4) is 0 Å². The van der Waals surface area contributed by atoms with E-state index in [1.807, 2.05) is 109 Å². The summed E-state index contributed by atoms with van der Waals surface area (Å²) in [4.78, 5) is 59.3. The van der Waals surface area contributed by atoms with Crippen molar-refractivity contribution in [2.75, 3.05) is 19.1 Å². The van der Waals surface area contributed by atoms with Crippen LogP contribution in [0.15, 0.2) is 133 Å². The fourth-order valence-corrected chi connectivity index (χ4v) is 8.67. The van der Waals surface area contributed by atoms with E-state index in [2.05, 4.69) is 0 Å². The number of imide groups is 1. The molecule has 8 heteroatoms. The van der Waals surface area contributed by atoms with Gasteiger partial charge in [-0.3, -0.25) is 14.4 Å². The molecule has 8 rings (SSSR count). The Morgan fingerprint density at radius 3 is 1.44 bits per heavy atom. The largest absolute Gasteiger partial charge is 0.497 e. The van der Waals surface area contributed by atoms with Gasteiger partial charge in [-0.15, -0.1) is 0 Å². The average molecular weight is 662 g/mol. The summed E-state index contributed by atoms with van der Waals surface area (Å²) >= 11 is 0. The van der Waals surface area contributed by atoms with Crippen molar-refractivity contribution in [3.05, 3.63) is 161 Å². The maximum absolute atomic E-state index is 16.0. The molecule has 1 aliphatic heterocycles. The second-order valence-electron chi connectivity index (χ2n) is 12.7. The van der Waals surface area contributed by atoms with Gasteiger partial charge in [0, 0.05) is 0 Å². The van der Waals surface area contributed by atoms with Crippen LogP contribution in [-0.4, -0.2) is 42.9 Å². The molecular weight excluding hydrogens is 630 g/mol. The normalized spacial score (nSPS) is 23.7. The summed E-state index contributed by atoms with van der Waals surface area (Å²) < 4.78 is 11.0. The predicted molar refractivity (Wildman–Crippen MR) is 187 cm³/mol. The fourth-order valence-electron chi connectivity index (χ4n) is 8.67. The molecule has 246 valence electrons. The Hall–Kier alpha value is -6.28. The van der Waals surface area contributed by atoms with Gasteiger partial charge >= 0.3 is 5.97 Å². The molecule has 0 radical (unpaired) electrons. The molecule has 1 N–H and O–H groups in total. The van der Waals surface area contributed by atoms with Crippen molar-refractivity contribution in [2.24, 2.45) is 11.8 Å². The van der Waals surface area contributed by atoms with E-state index in [0.29, 0.717) is 44.9 Å². The minimum absolute atomic E-state index is 0.0641. The first-order valence-corrected chi connectivity index (χ1v) is 16.2. The Balaban J connectivity index is 1.53. The van der Waals surface area contributed by atoms with E-state index in [1.165, 1.54) is 18.2 Å². The van der Waals surface area contributed by atoms with Gasteiger partial charge in [0.2, 0.25) is 11.8 Å². The van der Waals surface area contributed by atoms with Crippen LogP contribution in [0.1, 0.15) is 32.6 Å². The first-order chi connectivity index (χ1) is 24.3. The van der Waals surface area contributed by atoms with E-state index in [0.717, 1.165) is 4.90 Å². The summed E-state index contributed by atoms with van der Waals surface area (Å²) in [5.74, 6) is -3.60. The summed E-state index contributed by atoms with van der Waals surface area (Å²) in [7, 11) is 3.16. The lowest BCUT2D eigenvalue weighted by Crippen LogP contribution is -2.45. The van der Waals surface area contributed by atoms with Crippen LogP contribution in [0.2, 0.25) is 0 Å². The van der Waals surface area contributed by atoms with Crippen LogP contribution in [-0.2, 0) is 25.2 Å². The van der Waals surface area contributed by atoms with Crippen molar-refractivity contribution < 1.29 is 33.8 Å². The lowest BCUT2D eigenvalue weighted by Gasteiger charge is -2.39. The number of carbonyl (C=O) groups excluding carboxylic acids is 3. The Kier molecular flexibility index (Phi) is 7.08. The van der Waals surface area contributed by atoms with Crippen LogP contribution in [0, 0.1) is 11.8 Å². The molecule has 2 aliphatic carbocycles.